The van der Waals surface area contributed by atoms with E-state index in [0.717, 1.165) is 24.2 Å². The number of nitrogens with zero attached hydrogens (tertiary/aromatic N) is 2. The Kier molecular flexibility index (Phi) is 3.76. The van der Waals surface area contributed by atoms with Crippen molar-refractivity contribution in [2.45, 2.75) is 26.7 Å². The van der Waals surface area contributed by atoms with E-state index in [-0.39, 0.29) is 0 Å². The maximum absolute atomic E-state index is 5.76. The quantitative estimate of drug-likeness (QED) is 0.795. The molecule has 3 nitrogen and oxygen atoms in total. The molecule has 108 valence electrons. The van der Waals surface area contributed by atoms with Gasteiger partial charge in [0.1, 0.15) is 5.65 Å². The highest BCUT2D eigenvalue weighted by molar-refractivity contribution is 5.69. The fourth-order valence-electron chi connectivity index (χ4n) is 2.77. The first-order chi connectivity index (χ1) is 10.2. The Bertz CT molecular complexity index is 754. The lowest BCUT2D eigenvalue weighted by Gasteiger charge is -2.06. The van der Waals surface area contributed by atoms with Gasteiger partial charge >= 0.3 is 0 Å². The van der Waals surface area contributed by atoms with E-state index in [4.69, 9.17) is 10.7 Å². The number of nitrogens with two attached hydrogens (primary N) is 1. The average Bonchev–Trinajstić information content (AvgIpc) is 2.87. The summed E-state index contributed by atoms with van der Waals surface area (Å²) in [5.74, 6) is 0. The van der Waals surface area contributed by atoms with Crippen molar-refractivity contribution in [1.29, 1.82) is 0 Å². The molecule has 2 heterocycles. The van der Waals surface area contributed by atoms with E-state index in [1.54, 1.807) is 0 Å². The van der Waals surface area contributed by atoms with Gasteiger partial charge in [0.05, 0.1) is 11.4 Å². The van der Waals surface area contributed by atoms with Crippen LogP contribution >= 0.6 is 0 Å². The Balaban J connectivity index is 2.22. The van der Waals surface area contributed by atoms with E-state index in [1.807, 2.05) is 0 Å². The maximum Gasteiger partial charge on any atom is 0.140 e. The van der Waals surface area contributed by atoms with Crippen LogP contribution in [0.25, 0.3) is 16.9 Å². The lowest BCUT2D eigenvalue weighted by molar-refractivity contribution is 0.939. The Morgan fingerprint density at radius 2 is 1.90 bits per heavy atom. The summed E-state index contributed by atoms with van der Waals surface area (Å²) in [5.41, 5.74) is 12.8. The zero-order valence-electron chi connectivity index (χ0n) is 12.6. The van der Waals surface area contributed by atoms with Gasteiger partial charge in [-0.05, 0) is 37.1 Å². The SMILES string of the molecule is CCc1ccc(-c2c(CCN)nc3c(C)cccn23)cc1. The minimum atomic E-state index is 0.614. The van der Waals surface area contributed by atoms with Crippen LogP contribution in [0.4, 0.5) is 0 Å². The van der Waals surface area contributed by atoms with Crippen molar-refractivity contribution < 1.29 is 0 Å². The molecule has 0 amide bonds. The van der Waals surface area contributed by atoms with E-state index >= 15 is 0 Å². The van der Waals surface area contributed by atoms with Gasteiger partial charge in [0.25, 0.3) is 0 Å². The van der Waals surface area contributed by atoms with E-state index in [0.29, 0.717) is 6.54 Å². The van der Waals surface area contributed by atoms with Crippen LogP contribution < -0.4 is 5.73 Å². The molecule has 1 aromatic carbocycles. The summed E-state index contributed by atoms with van der Waals surface area (Å²) >= 11 is 0. The molecule has 0 aliphatic carbocycles. The summed E-state index contributed by atoms with van der Waals surface area (Å²) in [4.78, 5) is 4.80. The molecule has 0 aliphatic rings. The number of hydrogen-bond acceptors (Lipinski definition) is 2. The van der Waals surface area contributed by atoms with Gasteiger partial charge in [0.2, 0.25) is 0 Å². The van der Waals surface area contributed by atoms with Gasteiger partial charge in [-0.15, -0.1) is 0 Å². The van der Waals surface area contributed by atoms with Gasteiger partial charge in [-0.2, -0.15) is 0 Å². The second kappa shape index (κ2) is 5.70. The first-order valence-electron chi connectivity index (χ1n) is 7.50. The molecule has 3 heteroatoms. The summed E-state index contributed by atoms with van der Waals surface area (Å²) in [6.07, 6.45) is 3.94. The topological polar surface area (TPSA) is 43.3 Å². The highest BCUT2D eigenvalue weighted by atomic mass is 15.0. The van der Waals surface area contributed by atoms with E-state index < -0.39 is 0 Å². The summed E-state index contributed by atoms with van der Waals surface area (Å²) in [6, 6.07) is 12.9. The molecule has 0 fully saturated rings. The lowest BCUT2D eigenvalue weighted by Crippen LogP contribution is -2.04. The van der Waals surface area contributed by atoms with Crippen LogP contribution in [-0.4, -0.2) is 15.9 Å². The first kappa shape index (κ1) is 13.8. The predicted octanol–water partition coefficient (Wildman–Crippen LogP) is 3.37. The molecule has 2 aromatic heterocycles. The largest absolute Gasteiger partial charge is 0.330 e. The van der Waals surface area contributed by atoms with E-state index in [9.17, 15) is 0 Å². The van der Waals surface area contributed by atoms with Crippen LogP contribution in [0.2, 0.25) is 0 Å². The van der Waals surface area contributed by atoms with Gasteiger partial charge in [-0.25, -0.2) is 4.98 Å². The van der Waals surface area contributed by atoms with E-state index in [1.165, 1.54) is 22.4 Å². The van der Waals surface area contributed by atoms with Gasteiger partial charge in [-0.1, -0.05) is 37.3 Å². The summed E-state index contributed by atoms with van der Waals surface area (Å²) in [6.45, 7) is 4.88. The number of benzene rings is 1. The Labute approximate surface area is 125 Å². The average molecular weight is 279 g/mol. The van der Waals surface area contributed by atoms with Crippen molar-refractivity contribution in [2.75, 3.05) is 6.54 Å². The number of hydrogen-bond donors (Lipinski definition) is 1. The highest BCUT2D eigenvalue weighted by Crippen LogP contribution is 2.27. The third kappa shape index (κ3) is 2.45. The van der Waals surface area contributed by atoms with Crippen LogP contribution in [0.15, 0.2) is 42.6 Å². The number of aryl methyl sites for hydroxylation is 2. The first-order valence-corrected chi connectivity index (χ1v) is 7.50. The second-order valence-corrected chi connectivity index (χ2v) is 5.38. The van der Waals surface area contributed by atoms with Crippen molar-refractivity contribution >= 4 is 5.65 Å². The van der Waals surface area contributed by atoms with E-state index in [2.05, 4.69) is 60.8 Å². The van der Waals surface area contributed by atoms with Crippen LogP contribution in [0.5, 0.6) is 0 Å². The molecule has 0 unspecified atom stereocenters. The zero-order chi connectivity index (χ0) is 14.8. The molecule has 0 spiro atoms. The third-order valence-electron chi connectivity index (χ3n) is 3.93. The highest BCUT2D eigenvalue weighted by Gasteiger charge is 2.14. The minimum Gasteiger partial charge on any atom is -0.330 e. The molecule has 0 bridgehead atoms. The van der Waals surface area contributed by atoms with Gasteiger partial charge < -0.3 is 5.73 Å². The third-order valence-corrected chi connectivity index (χ3v) is 3.93. The predicted molar refractivity (Wildman–Crippen MR) is 87.5 cm³/mol. The number of rotatable bonds is 4. The van der Waals surface area contributed by atoms with Crippen molar-refractivity contribution in [3.63, 3.8) is 0 Å². The Hall–Kier alpha value is -2.13. The molecule has 3 rings (SSSR count). The maximum atomic E-state index is 5.76. The molecule has 0 saturated carbocycles. The molecule has 21 heavy (non-hydrogen) atoms. The molecule has 2 N–H and O–H groups in total. The summed E-state index contributed by atoms with van der Waals surface area (Å²) in [7, 11) is 0. The lowest BCUT2D eigenvalue weighted by atomic mass is 10.1. The molecule has 0 radical (unpaired) electrons. The van der Waals surface area contributed by atoms with Crippen LogP contribution in [0, 0.1) is 6.92 Å². The molecule has 3 aromatic rings. The Morgan fingerprint density at radius 1 is 1.14 bits per heavy atom. The number of pyridine rings is 1. The molecular weight excluding hydrogens is 258 g/mol. The van der Waals surface area contributed by atoms with Gasteiger partial charge in [0.15, 0.2) is 0 Å². The van der Waals surface area contributed by atoms with Crippen molar-refractivity contribution in [2.24, 2.45) is 5.73 Å². The summed E-state index contributed by atoms with van der Waals surface area (Å²) < 4.78 is 2.18. The standard InChI is InChI=1S/C18H21N3/c1-3-14-6-8-15(9-7-14)17-16(10-11-19)20-18-13(2)5-4-12-21(17)18/h4-9,12H,3,10-11,19H2,1-2H3. The van der Waals surface area contributed by atoms with Crippen LogP contribution in [0.3, 0.4) is 0 Å². The Morgan fingerprint density at radius 3 is 2.57 bits per heavy atom. The van der Waals surface area contributed by atoms with Crippen molar-refractivity contribution in [3.8, 4) is 11.3 Å². The van der Waals surface area contributed by atoms with Crippen molar-refractivity contribution in [3.05, 3.63) is 59.4 Å². The number of imidazole rings is 1. The molecule has 0 saturated heterocycles. The monoisotopic (exact) mass is 279 g/mol. The number of aromatic nitrogens is 2. The van der Waals surface area contributed by atoms with Crippen molar-refractivity contribution in [1.82, 2.24) is 9.38 Å². The molecular formula is C18H21N3. The molecule has 0 aliphatic heterocycles. The second-order valence-electron chi connectivity index (χ2n) is 5.38. The summed E-state index contributed by atoms with van der Waals surface area (Å²) in [5, 5.41) is 0. The van der Waals surface area contributed by atoms with Crippen LogP contribution in [-0.2, 0) is 12.8 Å². The molecule has 0 atom stereocenters. The van der Waals surface area contributed by atoms with Gasteiger partial charge in [0, 0.05) is 18.2 Å². The fraction of sp³-hybridized carbons (Fsp3) is 0.278. The fourth-order valence-corrected chi connectivity index (χ4v) is 2.77. The minimum absolute atomic E-state index is 0.614. The van der Waals surface area contributed by atoms with Crippen LogP contribution in [0.1, 0.15) is 23.7 Å². The number of fused-ring (bicyclic) bond motifs is 1. The smallest absolute Gasteiger partial charge is 0.140 e. The normalized spacial score (nSPS) is 11.2. The zero-order valence-corrected chi connectivity index (χ0v) is 12.6. The van der Waals surface area contributed by atoms with Gasteiger partial charge in [-0.3, -0.25) is 4.40 Å².